The molecule has 0 spiro atoms. The third-order valence-electron chi connectivity index (χ3n) is 4.48. The van der Waals surface area contributed by atoms with Crippen molar-refractivity contribution >= 4 is 23.7 Å². The van der Waals surface area contributed by atoms with Gasteiger partial charge >= 0.3 is 12.1 Å². The highest BCUT2D eigenvalue weighted by Crippen LogP contribution is 2.31. The minimum atomic E-state index is -1.90. The van der Waals surface area contributed by atoms with E-state index in [1.807, 2.05) is 0 Å². The summed E-state index contributed by atoms with van der Waals surface area (Å²) in [4.78, 5) is 37.0. The first kappa shape index (κ1) is 25.6. The number of aliphatic carboxylic acids is 1. The van der Waals surface area contributed by atoms with Crippen LogP contribution in [0.4, 0.5) is 10.5 Å². The van der Waals surface area contributed by atoms with Gasteiger partial charge in [-0.05, 0) is 29.6 Å². The lowest BCUT2D eigenvalue weighted by Gasteiger charge is -2.38. The van der Waals surface area contributed by atoms with Gasteiger partial charge in [0.25, 0.3) is 0 Å². The molecule has 1 aromatic carbocycles. The van der Waals surface area contributed by atoms with Crippen molar-refractivity contribution in [3.05, 3.63) is 34.2 Å². The number of azide groups is 1. The zero-order chi connectivity index (χ0) is 24.5. The highest BCUT2D eigenvalue weighted by molar-refractivity contribution is 5.92. The molecule has 0 radical (unpaired) electrons. The maximum absolute atomic E-state index is 12.3. The number of primary amides is 1. The average Bonchev–Trinajstić information content (AvgIpc) is 2.76. The molecule has 1 heterocycles. The lowest BCUT2D eigenvalue weighted by Crippen LogP contribution is -2.61. The number of nitrogens with one attached hydrogen (secondary N) is 1. The number of anilines is 1. The van der Waals surface area contributed by atoms with Crippen LogP contribution in [-0.2, 0) is 25.7 Å². The van der Waals surface area contributed by atoms with E-state index >= 15 is 0 Å². The summed E-state index contributed by atoms with van der Waals surface area (Å²) in [6, 6.07) is 4.13. The first-order chi connectivity index (χ1) is 15.6. The Bertz CT molecular complexity index is 922. The van der Waals surface area contributed by atoms with Crippen LogP contribution in [0.25, 0.3) is 10.4 Å². The number of carboxylic acid groups (broad SMARTS) is 1. The Morgan fingerprint density at radius 3 is 2.58 bits per heavy atom. The van der Waals surface area contributed by atoms with Crippen LogP contribution in [0.3, 0.4) is 0 Å². The summed E-state index contributed by atoms with van der Waals surface area (Å²) in [5, 5.41) is 44.9. The van der Waals surface area contributed by atoms with Crippen molar-refractivity contribution in [3.63, 3.8) is 0 Å². The predicted octanol–water partition coefficient (Wildman–Crippen LogP) is -0.418. The van der Waals surface area contributed by atoms with Crippen LogP contribution in [0.2, 0.25) is 0 Å². The number of carboxylic acids is 1. The van der Waals surface area contributed by atoms with Crippen LogP contribution in [0.15, 0.2) is 23.3 Å². The molecule has 180 valence electrons. The lowest BCUT2D eigenvalue weighted by molar-refractivity contribution is -0.271. The molecule has 0 bridgehead atoms. The van der Waals surface area contributed by atoms with E-state index in [0.29, 0.717) is 5.56 Å². The lowest BCUT2D eigenvalue weighted by atomic mass is 9.99. The van der Waals surface area contributed by atoms with Gasteiger partial charge in [0.15, 0.2) is 6.10 Å². The van der Waals surface area contributed by atoms with Gasteiger partial charge in [-0.15, -0.1) is 0 Å². The quantitative estimate of drug-likeness (QED) is 0.112. The average molecular weight is 469 g/mol. The Hall–Kier alpha value is -3.62. The molecule has 1 aromatic rings. The molecule has 1 aliphatic heterocycles. The van der Waals surface area contributed by atoms with Gasteiger partial charge in [0.2, 0.25) is 12.2 Å². The molecule has 1 aliphatic rings. The molecule has 1 saturated heterocycles. The number of ether oxygens (including phenoxy) is 3. The summed E-state index contributed by atoms with van der Waals surface area (Å²) in [5.41, 5.74) is 13.7. The summed E-state index contributed by atoms with van der Waals surface area (Å²) < 4.78 is 15.3. The largest absolute Gasteiger partial charge is 0.479 e. The van der Waals surface area contributed by atoms with Gasteiger partial charge < -0.3 is 45.7 Å². The van der Waals surface area contributed by atoms with Gasteiger partial charge in [-0.2, -0.15) is 0 Å². The molecular formula is C18H23N5O10. The predicted molar refractivity (Wildman–Crippen MR) is 108 cm³/mol. The maximum Gasteiger partial charge on any atom is 0.404 e. The molecule has 5 atom stereocenters. The van der Waals surface area contributed by atoms with Crippen LogP contribution < -0.4 is 15.8 Å². The zero-order valence-electron chi connectivity index (χ0n) is 17.1. The van der Waals surface area contributed by atoms with Gasteiger partial charge in [0, 0.05) is 17.9 Å². The van der Waals surface area contributed by atoms with Crippen molar-refractivity contribution in [1.29, 1.82) is 0 Å². The second-order valence-corrected chi connectivity index (χ2v) is 6.90. The number of carbonyl (C=O) groups excluding carboxylic acids is 2. The molecule has 7 N–H and O–H groups in total. The minimum Gasteiger partial charge on any atom is -0.479 e. The first-order valence-corrected chi connectivity index (χ1v) is 9.59. The Balaban J connectivity index is 2.24. The summed E-state index contributed by atoms with van der Waals surface area (Å²) in [5.74, 6) is -2.17. The van der Waals surface area contributed by atoms with Crippen LogP contribution in [0, 0.1) is 0 Å². The van der Waals surface area contributed by atoms with E-state index in [2.05, 4.69) is 15.3 Å². The Morgan fingerprint density at radius 1 is 1.21 bits per heavy atom. The van der Waals surface area contributed by atoms with Gasteiger partial charge in [-0.1, -0.05) is 11.2 Å². The summed E-state index contributed by atoms with van der Waals surface area (Å²) >= 11 is 0. The molecule has 33 heavy (non-hydrogen) atoms. The molecule has 2 rings (SSSR count). The van der Waals surface area contributed by atoms with Crippen molar-refractivity contribution in [2.75, 3.05) is 11.9 Å². The van der Waals surface area contributed by atoms with Crippen molar-refractivity contribution in [2.24, 2.45) is 10.8 Å². The molecular weight excluding hydrogens is 446 g/mol. The normalized spacial score (nSPS) is 24.3. The smallest absolute Gasteiger partial charge is 0.404 e. The topological polar surface area (TPSA) is 247 Å². The number of aliphatic hydroxyl groups is 3. The number of benzene rings is 1. The fourth-order valence-corrected chi connectivity index (χ4v) is 2.86. The molecule has 15 nitrogen and oxygen atoms in total. The monoisotopic (exact) mass is 469 g/mol. The summed E-state index contributed by atoms with van der Waals surface area (Å²) in [6.45, 7) is -0.136. The molecule has 0 unspecified atom stereocenters. The van der Waals surface area contributed by atoms with Crippen molar-refractivity contribution in [3.8, 4) is 5.75 Å². The van der Waals surface area contributed by atoms with Gasteiger partial charge in [-0.3, -0.25) is 4.79 Å². The van der Waals surface area contributed by atoms with Crippen molar-refractivity contribution in [2.45, 2.75) is 50.2 Å². The Kier molecular flexibility index (Phi) is 9.20. The van der Waals surface area contributed by atoms with Crippen LogP contribution >= 0.6 is 0 Å². The third kappa shape index (κ3) is 7.20. The number of aliphatic hydroxyl groups excluding tert-OH is 3. The van der Waals surface area contributed by atoms with Gasteiger partial charge in [0.05, 0.1) is 5.69 Å². The number of carbonyl (C=O) groups is 3. The van der Waals surface area contributed by atoms with Gasteiger partial charge in [0.1, 0.15) is 30.7 Å². The van der Waals surface area contributed by atoms with E-state index in [4.69, 9.17) is 30.6 Å². The van der Waals surface area contributed by atoms with Gasteiger partial charge in [-0.25, -0.2) is 9.59 Å². The molecule has 0 aromatic heterocycles. The van der Waals surface area contributed by atoms with E-state index in [1.54, 1.807) is 0 Å². The fourth-order valence-electron chi connectivity index (χ4n) is 2.86. The number of hydrogen-bond acceptors (Lipinski definition) is 10. The first-order valence-electron chi connectivity index (χ1n) is 9.59. The Morgan fingerprint density at radius 2 is 1.94 bits per heavy atom. The number of nitrogens with two attached hydrogens (primary N) is 1. The van der Waals surface area contributed by atoms with Crippen LogP contribution in [-0.4, -0.2) is 75.6 Å². The second-order valence-electron chi connectivity index (χ2n) is 6.90. The molecule has 15 heteroatoms. The number of nitrogens with zero attached hydrogens (tertiary/aromatic N) is 3. The molecule has 0 saturated carbocycles. The number of hydrogen-bond donors (Lipinski definition) is 6. The minimum absolute atomic E-state index is 0.0188. The van der Waals surface area contributed by atoms with E-state index in [1.165, 1.54) is 18.2 Å². The highest BCUT2D eigenvalue weighted by Gasteiger charge is 2.48. The van der Waals surface area contributed by atoms with E-state index in [9.17, 15) is 29.7 Å². The van der Waals surface area contributed by atoms with Crippen molar-refractivity contribution < 1.29 is 49.0 Å². The maximum atomic E-state index is 12.3. The van der Waals surface area contributed by atoms with Crippen molar-refractivity contribution in [1.82, 2.24) is 0 Å². The standard InChI is InChI=1S/C18H23N5O10/c19-18(30)31-7-8-3-4-10(9(6-8)22-11(24)2-1-5-21-23-20)32-17-14(27)12(25)13(26)15(33-17)16(28)29/h3-4,6,12-15,17,25-27H,1-2,5,7H2,(H2,19,30)(H,22,24)(H,28,29)/t12-,13-,14+,15-,17+/m0/s1. The summed E-state index contributed by atoms with van der Waals surface area (Å²) in [7, 11) is 0. The second kappa shape index (κ2) is 11.8. The molecule has 0 aliphatic carbocycles. The zero-order valence-corrected chi connectivity index (χ0v) is 17.1. The van der Waals surface area contributed by atoms with E-state index in [0.717, 1.165) is 0 Å². The third-order valence-corrected chi connectivity index (χ3v) is 4.48. The van der Waals surface area contributed by atoms with E-state index in [-0.39, 0.29) is 37.4 Å². The molecule has 1 fully saturated rings. The van der Waals surface area contributed by atoms with Crippen LogP contribution in [0.1, 0.15) is 18.4 Å². The number of rotatable bonds is 10. The van der Waals surface area contributed by atoms with Crippen LogP contribution in [0.5, 0.6) is 5.75 Å². The SMILES string of the molecule is [N-]=[N+]=NCCCC(=O)Nc1cc(COC(N)=O)ccc1O[C@@H]1O[C@H](C(=O)O)[C@@H](O)[C@H](O)[C@H]1O. The number of amides is 2. The fraction of sp³-hybridized carbons (Fsp3) is 0.500. The van der Waals surface area contributed by atoms with E-state index < -0.39 is 48.7 Å². The highest BCUT2D eigenvalue weighted by atomic mass is 16.7. The molecule has 2 amide bonds. The summed E-state index contributed by atoms with van der Waals surface area (Å²) in [6.07, 6.45) is -9.98. The Labute approximate surface area is 186 Å².